The van der Waals surface area contributed by atoms with E-state index in [1.54, 1.807) is 0 Å². The molecule has 17 heavy (non-hydrogen) atoms. The molecule has 1 saturated heterocycles. The highest BCUT2D eigenvalue weighted by molar-refractivity contribution is 5.83. The van der Waals surface area contributed by atoms with Crippen LogP contribution in [-0.4, -0.2) is 43.4 Å². The van der Waals surface area contributed by atoms with Crippen LogP contribution in [0.1, 0.15) is 39.0 Å². The van der Waals surface area contributed by atoms with Crippen LogP contribution in [-0.2, 0) is 4.79 Å². The Kier molecular flexibility index (Phi) is 4.99. The molecule has 0 unspecified atom stereocenters. The first-order valence-electron chi connectivity index (χ1n) is 7.21. The molecule has 1 N–H and O–H groups in total. The molecule has 2 rings (SSSR count). The Morgan fingerprint density at radius 1 is 1.18 bits per heavy atom. The first-order chi connectivity index (χ1) is 8.25. The van der Waals surface area contributed by atoms with E-state index in [-0.39, 0.29) is 0 Å². The van der Waals surface area contributed by atoms with Gasteiger partial charge in [-0.2, -0.15) is 0 Å². The minimum absolute atomic E-state index is 0.363. The van der Waals surface area contributed by atoms with Crippen LogP contribution in [0.3, 0.4) is 0 Å². The summed E-state index contributed by atoms with van der Waals surface area (Å²) in [6, 6.07) is 0. The summed E-state index contributed by atoms with van der Waals surface area (Å²) >= 11 is 0. The number of nitrogens with one attached hydrogen (secondary N) is 1. The number of hydrogen-bond acceptors (Lipinski definition) is 3. The van der Waals surface area contributed by atoms with Gasteiger partial charge in [-0.05, 0) is 38.3 Å². The number of hydrogen-bond donors (Lipinski definition) is 1. The molecule has 0 aromatic heterocycles. The second-order valence-corrected chi connectivity index (χ2v) is 5.80. The molecule has 0 bridgehead atoms. The van der Waals surface area contributed by atoms with Crippen molar-refractivity contribution in [2.45, 2.75) is 39.0 Å². The normalized spacial score (nSPS) is 32.1. The van der Waals surface area contributed by atoms with Gasteiger partial charge in [0, 0.05) is 19.0 Å². The van der Waals surface area contributed by atoms with E-state index in [9.17, 15) is 4.79 Å². The minimum Gasteiger partial charge on any atom is -0.315 e. The van der Waals surface area contributed by atoms with Crippen molar-refractivity contribution in [3.05, 3.63) is 0 Å². The number of rotatable bonds is 3. The fourth-order valence-corrected chi connectivity index (χ4v) is 2.99. The maximum atomic E-state index is 12.2. The van der Waals surface area contributed by atoms with Crippen molar-refractivity contribution in [1.82, 2.24) is 10.2 Å². The van der Waals surface area contributed by atoms with E-state index >= 15 is 0 Å². The smallest absolute Gasteiger partial charge is 0.149 e. The van der Waals surface area contributed by atoms with Gasteiger partial charge < -0.3 is 5.32 Å². The van der Waals surface area contributed by atoms with Gasteiger partial charge >= 0.3 is 0 Å². The Morgan fingerprint density at radius 3 is 2.71 bits per heavy atom. The lowest BCUT2D eigenvalue weighted by molar-refractivity contribution is -0.125. The Hall–Kier alpha value is -0.410. The van der Waals surface area contributed by atoms with Crippen molar-refractivity contribution >= 4 is 5.78 Å². The van der Waals surface area contributed by atoms with E-state index in [2.05, 4.69) is 17.1 Å². The van der Waals surface area contributed by atoms with E-state index in [1.807, 2.05) is 0 Å². The van der Waals surface area contributed by atoms with E-state index in [1.165, 1.54) is 19.3 Å². The second kappa shape index (κ2) is 6.50. The van der Waals surface area contributed by atoms with Gasteiger partial charge in [-0.15, -0.1) is 0 Å². The maximum Gasteiger partial charge on any atom is 0.149 e. The van der Waals surface area contributed by atoms with Crippen LogP contribution < -0.4 is 5.32 Å². The zero-order valence-electron chi connectivity index (χ0n) is 11.1. The number of nitrogens with zero attached hydrogens (tertiary/aromatic N) is 1. The summed E-state index contributed by atoms with van der Waals surface area (Å²) in [6.45, 7) is 7.26. The molecule has 1 aliphatic carbocycles. The van der Waals surface area contributed by atoms with Crippen LogP contribution in [0.5, 0.6) is 0 Å². The van der Waals surface area contributed by atoms with Gasteiger partial charge in [0.15, 0.2) is 0 Å². The molecule has 3 nitrogen and oxygen atoms in total. The third-order valence-corrected chi connectivity index (χ3v) is 4.28. The molecule has 0 aromatic carbocycles. The van der Waals surface area contributed by atoms with Crippen molar-refractivity contribution in [2.24, 2.45) is 11.8 Å². The van der Waals surface area contributed by atoms with Gasteiger partial charge in [0.05, 0.1) is 6.54 Å². The van der Waals surface area contributed by atoms with E-state index < -0.39 is 0 Å². The third-order valence-electron chi connectivity index (χ3n) is 4.28. The average Bonchev–Trinajstić information content (AvgIpc) is 2.58. The first-order valence-corrected chi connectivity index (χ1v) is 7.21. The van der Waals surface area contributed by atoms with Crippen LogP contribution in [0.25, 0.3) is 0 Å². The summed E-state index contributed by atoms with van der Waals surface area (Å²) in [5.74, 6) is 1.70. The highest BCUT2D eigenvalue weighted by atomic mass is 16.1. The Bertz CT molecular complexity index is 239. The summed E-state index contributed by atoms with van der Waals surface area (Å²) in [6.07, 6.45) is 5.93. The number of Topliss-reactive ketones (excluding diaryl/α,β-unsaturated/α-hetero) is 1. The Morgan fingerprint density at radius 2 is 1.94 bits per heavy atom. The largest absolute Gasteiger partial charge is 0.315 e. The molecular weight excluding hydrogens is 212 g/mol. The highest BCUT2D eigenvalue weighted by Gasteiger charge is 2.25. The molecule has 1 saturated carbocycles. The van der Waals surface area contributed by atoms with Gasteiger partial charge in [-0.1, -0.05) is 19.8 Å². The molecule has 0 spiro atoms. The van der Waals surface area contributed by atoms with Crippen molar-refractivity contribution in [3.8, 4) is 0 Å². The summed E-state index contributed by atoms with van der Waals surface area (Å²) < 4.78 is 0. The molecule has 0 atom stereocenters. The molecular formula is C14H26N2O. The molecule has 0 radical (unpaired) electrons. The maximum absolute atomic E-state index is 12.2. The minimum atomic E-state index is 0.363. The van der Waals surface area contributed by atoms with Crippen molar-refractivity contribution in [2.75, 3.05) is 32.7 Å². The lowest BCUT2D eigenvalue weighted by atomic mass is 9.81. The monoisotopic (exact) mass is 238 g/mol. The van der Waals surface area contributed by atoms with Crippen molar-refractivity contribution < 1.29 is 4.79 Å². The van der Waals surface area contributed by atoms with E-state index in [0.717, 1.165) is 44.9 Å². The quantitative estimate of drug-likeness (QED) is 0.812. The number of carbonyl (C=O) groups excluding carboxylic acids is 1. The van der Waals surface area contributed by atoms with Gasteiger partial charge in [-0.25, -0.2) is 0 Å². The molecule has 3 heteroatoms. The average molecular weight is 238 g/mol. The van der Waals surface area contributed by atoms with Crippen LogP contribution >= 0.6 is 0 Å². The molecule has 1 aliphatic heterocycles. The van der Waals surface area contributed by atoms with E-state index in [0.29, 0.717) is 18.2 Å². The van der Waals surface area contributed by atoms with Crippen molar-refractivity contribution in [1.29, 1.82) is 0 Å². The molecule has 2 aliphatic rings. The van der Waals surface area contributed by atoms with Gasteiger partial charge in [-0.3, -0.25) is 9.69 Å². The van der Waals surface area contributed by atoms with Crippen LogP contribution in [0.2, 0.25) is 0 Å². The van der Waals surface area contributed by atoms with Gasteiger partial charge in [0.1, 0.15) is 5.78 Å². The molecule has 0 amide bonds. The standard InChI is InChI=1S/C14H26N2O/c1-12-3-5-13(6-4-12)14(17)11-16-9-2-7-15-8-10-16/h12-13,15H,2-11H2,1H3. The van der Waals surface area contributed by atoms with Gasteiger partial charge in [0.25, 0.3) is 0 Å². The molecule has 0 aromatic rings. The van der Waals surface area contributed by atoms with E-state index in [4.69, 9.17) is 0 Å². The second-order valence-electron chi connectivity index (χ2n) is 5.80. The fourth-order valence-electron chi connectivity index (χ4n) is 2.99. The predicted octanol–water partition coefficient (Wildman–Crippen LogP) is 1.68. The lowest BCUT2D eigenvalue weighted by Crippen LogP contribution is -2.36. The third kappa shape index (κ3) is 4.07. The molecule has 1 heterocycles. The molecule has 2 fully saturated rings. The fraction of sp³-hybridized carbons (Fsp3) is 0.929. The number of ketones is 1. The summed E-state index contributed by atoms with van der Waals surface area (Å²) in [4.78, 5) is 14.6. The van der Waals surface area contributed by atoms with Crippen molar-refractivity contribution in [3.63, 3.8) is 0 Å². The highest BCUT2D eigenvalue weighted by Crippen LogP contribution is 2.28. The summed E-state index contributed by atoms with van der Waals surface area (Å²) in [7, 11) is 0. The van der Waals surface area contributed by atoms with Crippen LogP contribution in [0.15, 0.2) is 0 Å². The summed E-state index contributed by atoms with van der Waals surface area (Å²) in [5, 5.41) is 3.38. The SMILES string of the molecule is CC1CCC(C(=O)CN2CCCNCC2)CC1. The Balaban J connectivity index is 1.75. The topological polar surface area (TPSA) is 32.3 Å². The first kappa shape index (κ1) is 13.0. The summed E-state index contributed by atoms with van der Waals surface area (Å²) in [5.41, 5.74) is 0. The van der Waals surface area contributed by atoms with Gasteiger partial charge in [0.2, 0.25) is 0 Å². The van der Waals surface area contributed by atoms with Crippen LogP contribution in [0, 0.1) is 11.8 Å². The van der Waals surface area contributed by atoms with Crippen LogP contribution in [0.4, 0.5) is 0 Å². The zero-order chi connectivity index (χ0) is 12.1. The zero-order valence-corrected chi connectivity index (χ0v) is 11.1. The number of carbonyl (C=O) groups is 1. The Labute approximate surface area is 105 Å². The lowest BCUT2D eigenvalue weighted by Gasteiger charge is -2.27. The molecule has 98 valence electrons. The predicted molar refractivity (Wildman–Crippen MR) is 70.1 cm³/mol.